The van der Waals surface area contributed by atoms with Crippen LogP contribution in [-0.4, -0.2) is 80.9 Å². The molecular formula is C28H56N4O2. The lowest BCUT2D eigenvalue weighted by Crippen LogP contribution is -2.37. The summed E-state index contributed by atoms with van der Waals surface area (Å²) in [5.74, 6) is 0.634. The van der Waals surface area contributed by atoms with E-state index in [-0.39, 0.29) is 11.9 Å². The smallest absolute Gasteiger partial charge is 0.221 e. The van der Waals surface area contributed by atoms with Gasteiger partial charge in [0.05, 0.1) is 0 Å². The van der Waals surface area contributed by atoms with Gasteiger partial charge in [-0.05, 0) is 91.8 Å². The zero-order valence-corrected chi connectivity index (χ0v) is 22.8. The van der Waals surface area contributed by atoms with Crippen LogP contribution in [0.25, 0.3) is 0 Å². The number of nitrogens with zero attached hydrogens (tertiary/aromatic N) is 2. The van der Waals surface area contributed by atoms with Gasteiger partial charge in [-0.3, -0.25) is 9.59 Å². The lowest BCUT2D eigenvalue weighted by molar-refractivity contribution is -0.121. The van der Waals surface area contributed by atoms with Gasteiger partial charge in [0.15, 0.2) is 0 Å². The fraction of sp³-hybridized carbons (Fsp3) is 0.929. The predicted octanol–water partition coefficient (Wildman–Crippen LogP) is 4.77. The van der Waals surface area contributed by atoms with Crippen LogP contribution >= 0.6 is 0 Å². The Kier molecular flexibility index (Phi) is 19.5. The Bertz CT molecular complexity index is 515. The molecule has 0 saturated carbocycles. The minimum absolute atomic E-state index is 0.189. The van der Waals surface area contributed by atoms with Gasteiger partial charge >= 0.3 is 0 Å². The lowest BCUT2D eigenvalue weighted by Gasteiger charge is -2.20. The maximum absolute atomic E-state index is 12.5. The maximum Gasteiger partial charge on any atom is 0.221 e. The Labute approximate surface area is 211 Å². The standard InChI is InChI=1S/C28H56N4O2/c1-4-5-17-27(33)18-11-9-7-6-8-10-16-26-25-28(34)30-20-15-24-32(3)22-13-12-21-31(2)23-14-19-29-26/h26,29H,4-25H2,1-3H3,(H,30,34)/t26-/m1/s1. The molecule has 6 nitrogen and oxygen atoms in total. The first-order valence-corrected chi connectivity index (χ1v) is 14.4. The minimum atomic E-state index is 0.189. The molecule has 0 radical (unpaired) electrons. The van der Waals surface area contributed by atoms with Crippen molar-refractivity contribution in [1.29, 1.82) is 0 Å². The number of carbonyl (C=O) groups is 2. The van der Waals surface area contributed by atoms with Crippen molar-refractivity contribution < 1.29 is 9.59 Å². The van der Waals surface area contributed by atoms with E-state index in [0.29, 0.717) is 12.2 Å². The second kappa shape index (κ2) is 21.3. The predicted molar refractivity (Wildman–Crippen MR) is 144 cm³/mol. The van der Waals surface area contributed by atoms with E-state index in [9.17, 15) is 9.59 Å². The average molecular weight is 481 g/mol. The molecule has 1 saturated heterocycles. The molecule has 0 bridgehead atoms. The molecular weight excluding hydrogens is 424 g/mol. The molecule has 2 N–H and O–H groups in total. The molecule has 1 atom stereocenters. The van der Waals surface area contributed by atoms with Crippen molar-refractivity contribution >= 4 is 11.7 Å². The van der Waals surface area contributed by atoms with Crippen molar-refractivity contribution in [3.05, 3.63) is 0 Å². The SMILES string of the molecule is CCCCC(=O)CCCCCCCC[C@@H]1CC(=O)NCCCN(C)CCCCN(C)CCCN1. The number of rotatable bonds is 12. The number of unbranched alkanes of at least 4 members (excludes halogenated alkanes) is 6. The molecule has 0 aromatic heterocycles. The van der Waals surface area contributed by atoms with Crippen LogP contribution < -0.4 is 10.6 Å². The van der Waals surface area contributed by atoms with E-state index in [0.717, 1.165) is 84.1 Å². The van der Waals surface area contributed by atoms with Crippen molar-refractivity contribution in [2.24, 2.45) is 0 Å². The first-order valence-electron chi connectivity index (χ1n) is 14.4. The Balaban J connectivity index is 2.28. The molecule has 6 heteroatoms. The molecule has 1 heterocycles. The second-order valence-corrected chi connectivity index (χ2v) is 10.5. The average Bonchev–Trinajstić information content (AvgIpc) is 2.82. The zero-order valence-electron chi connectivity index (χ0n) is 22.8. The van der Waals surface area contributed by atoms with E-state index in [1.165, 1.54) is 51.5 Å². The third-order valence-electron chi connectivity index (χ3n) is 7.02. The van der Waals surface area contributed by atoms with E-state index in [1.807, 2.05) is 0 Å². The number of hydrogen-bond acceptors (Lipinski definition) is 5. The molecule has 0 aromatic carbocycles. The Morgan fingerprint density at radius 3 is 2.03 bits per heavy atom. The highest BCUT2D eigenvalue weighted by Gasteiger charge is 2.14. The topological polar surface area (TPSA) is 64.7 Å². The van der Waals surface area contributed by atoms with Crippen molar-refractivity contribution in [3.63, 3.8) is 0 Å². The van der Waals surface area contributed by atoms with Crippen molar-refractivity contribution in [2.45, 2.75) is 116 Å². The summed E-state index contributed by atoms with van der Waals surface area (Å²) in [5.41, 5.74) is 0. The van der Waals surface area contributed by atoms with Crippen LogP contribution in [-0.2, 0) is 9.59 Å². The van der Waals surface area contributed by atoms with Gasteiger partial charge < -0.3 is 20.4 Å². The van der Waals surface area contributed by atoms with Crippen LogP contribution in [0.1, 0.15) is 110 Å². The number of hydrogen-bond donors (Lipinski definition) is 2. The number of ketones is 1. The fourth-order valence-corrected chi connectivity index (χ4v) is 4.71. The third kappa shape index (κ3) is 18.4. The lowest BCUT2D eigenvalue weighted by atomic mass is 10.0. The van der Waals surface area contributed by atoms with Gasteiger partial charge in [-0.15, -0.1) is 0 Å². The Hall–Kier alpha value is -0.980. The normalized spacial score (nSPS) is 21.1. The summed E-state index contributed by atoms with van der Waals surface area (Å²) in [4.78, 5) is 29.1. The molecule has 0 aromatic rings. The molecule has 200 valence electrons. The number of amides is 1. The number of nitrogens with one attached hydrogen (secondary N) is 2. The van der Waals surface area contributed by atoms with Gasteiger partial charge in [-0.2, -0.15) is 0 Å². The second-order valence-electron chi connectivity index (χ2n) is 10.5. The van der Waals surface area contributed by atoms with Gasteiger partial charge in [-0.25, -0.2) is 0 Å². The fourth-order valence-electron chi connectivity index (χ4n) is 4.71. The number of Topliss-reactive ketones (excluding diaryl/α,β-unsaturated/α-hetero) is 1. The van der Waals surface area contributed by atoms with E-state index in [4.69, 9.17) is 0 Å². The molecule has 1 aliphatic rings. The van der Waals surface area contributed by atoms with Crippen LogP contribution in [0.3, 0.4) is 0 Å². The first-order chi connectivity index (χ1) is 16.5. The summed E-state index contributed by atoms with van der Waals surface area (Å²) in [6.07, 6.45) is 17.1. The van der Waals surface area contributed by atoms with Crippen molar-refractivity contribution in [3.8, 4) is 0 Å². The minimum Gasteiger partial charge on any atom is -0.356 e. The molecule has 1 fully saturated rings. The van der Waals surface area contributed by atoms with Crippen LogP contribution in [0.5, 0.6) is 0 Å². The van der Waals surface area contributed by atoms with Crippen LogP contribution in [0, 0.1) is 0 Å². The Morgan fingerprint density at radius 2 is 1.35 bits per heavy atom. The monoisotopic (exact) mass is 480 g/mol. The Morgan fingerprint density at radius 1 is 0.794 bits per heavy atom. The van der Waals surface area contributed by atoms with Crippen LogP contribution in [0.15, 0.2) is 0 Å². The van der Waals surface area contributed by atoms with Crippen LogP contribution in [0.4, 0.5) is 0 Å². The molecule has 1 rings (SSSR count). The number of carbonyl (C=O) groups excluding carboxylic acids is 2. The first kappa shape index (κ1) is 31.1. The quantitative estimate of drug-likeness (QED) is 0.394. The van der Waals surface area contributed by atoms with Gasteiger partial charge in [0.1, 0.15) is 5.78 Å². The summed E-state index contributed by atoms with van der Waals surface area (Å²) in [6, 6.07) is 0.278. The molecule has 0 aliphatic carbocycles. The molecule has 34 heavy (non-hydrogen) atoms. The summed E-state index contributed by atoms with van der Waals surface area (Å²) in [6.45, 7) is 8.37. The summed E-state index contributed by atoms with van der Waals surface area (Å²) < 4.78 is 0. The van der Waals surface area contributed by atoms with Crippen molar-refractivity contribution in [1.82, 2.24) is 20.4 Å². The van der Waals surface area contributed by atoms with Gasteiger partial charge in [-0.1, -0.05) is 45.4 Å². The highest BCUT2D eigenvalue weighted by molar-refractivity contribution is 5.78. The van der Waals surface area contributed by atoms with Gasteiger partial charge in [0.25, 0.3) is 0 Å². The van der Waals surface area contributed by atoms with Crippen molar-refractivity contribution in [2.75, 3.05) is 53.4 Å². The third-order valence-corrected chi connectivity index (χ3v) is 7.02. The molecule has 0 spiro atoms. The summed E-state index contributed by atoms with van der Waals surface area (Å²) in [7, 11) is 4.41. The highest BCUT2D eigenvalue weighted by atomic mass is 16.1. The van der Waals surface area contributed by atoms with E-state index in [2.05, 4.69) is 41.5 Å². The highest BCUT2D eigenvalue weighted by Crippen LogP contribution is 2.12. The van der Waals surface area contributed by atoms with Gasteiger partial charge in [0, 0.05) is 31.8 Å². The van der Waals surface area contributed by atoms with E-state index < -0.39 is 0 Å². The van der Waals surface area contributed by atoms with Gasteiger partial charge in [0.2, 0.25) is 5.91 Å². The molecule has 1 aliphatic heterocycles. The molecule has 1 amide bonds. The molecule has 0 unspecified atom stereocenters. The summed E-state index contributed by atoms with van der Waals surface area (Å²) >= 11 is 0. The maximum atomic E-state index is 12.5. The summed E-state index contributed by atoms with van der Waals surface area (Å²) in [5, 5.41) is 6.82. The van der Waals surface area contributed by atoms with E-state index in [1.54, 1.807) is 0 Å². The van der Waals surface area contributed by atoms with Crippen LogP contribution in [0.2, 0.25) is 0 Å². The zero-order chi connectivity index (χ0) is 24.9. The van der Waals surface area contributed by atoms with E-state index >= 15 is 0 Å². The largest absolute Gasteiger partial charge is 0.356 e.